The van der Waals surface area contributed by atoms with Crippen molar-refractivity contribution in [1.82, 2.24) is 0 Å². The van der Waals surface area contributed by atoms with Gasteiger partial charge in [-0.15, -0.1) is 12.4 Å². The topological polar surface area (TPSA) is 37.3 Å². The Morgan fingerprint density at radius 3 is 1.67 bits per heavy atom. The number of carbonyl (C=O) groups is 1. The summed E-state index contributed by atoms with van der Waals surface area (Å²) in [6.45, 7) is -0.250. The predicted octanol–water partition coefficient (Wildman–Crippen LogP) is -2.92. The van der Waals surface area contributed by atoms with Gasteiger partial charge in [-0.25, -0.2) is 0 Å². The predicted molar refractivity (Wildman–Crippen MR) is 25.0 cm³/mol. The van der Waals surface area contributed by atoms with Crippen LogP contribution in [-0.2, 0) is 4.79 Å². The van der Waals surface area contributed by atoms with E-state index in [1.54, 1.807) is 0 Å². The second-order valence-corrected chi connectivity index (χ2v) is 0.105. The third kappa shape index (κ3) is 37.2. The Morgan fingerprint density at radius 2 is 1.67 bits per heavy atom. The van der Waals surface area contributed by atoms with Crippen molar-refractivity contribution >= 4 is 56.6 Å². The van der Waals surface area contributed by atoms with E-state index < -0.39 is 0 Å². The quantitative estimate of drug-likeness (QED) is 0.295. The molecule has 0 fully saturated rings. The summed E-state index contributed by atoms with van der Waals surface area (Å²) in [5.74, 6) is 0. The van der Waals surface area contributed by atoms with Crippen LogP contribution in [0.15, 0.2) is 0 Å². The third-order valence-corrected chi connectivity index (χ3v) is 0. The van der Waals surface area contributed by atoms with Crippen LogP contribution in [0.1, 0.15) is 4.28 Å². The second-order valence-electron chi connectivity index (χ2n) is 0.105. The summed E-state index contributed by atoms with van der Waals surface area (Å²) in [7, 11) is 0. The van der Waals surface area contributed by atoms with Gasteiger partial charge in [0, 0.05) is 0 Å². The van der Waals surface area contributed by atoms with Crippen molar-refractivity contribution in [1.29, 1.82) is 0 Å². The first-order valence-electron chi connectivity index (χ1n) is 0.494. The van der Waals surface area contributed by atoms with Crippen molar-refractivity contribution in [3.8, 4) is 0 Å². The van der Waals surface area contributed by atoms with Crippen LogP contribution in [0.25, 0.3) is 0 Å². The van der Waals surface area contributed by atoms with Crippen LogP contribution in [0.2, 0.25) is 0 Å². The van der Waals surface area contributed by atoms with Crippen LogP contribution in [0, 0.1) is 0 Å². The van der Waals surface area contributed by atoms with Gasteiger partial charge in [0.15, 0.2) is 0 Å². The van der Waals surface area contributed by atoms with Crippen LogP contribution in [0.4, 0.5) is 0 Å². The number of carboxylic acid groups (broad SMARTS) is 1. The van der Waals surface area contributed by atoms with Gasteiger partial charge < -0.3 is 9.39 Å². The zero-order chi connectivity index (χ0) is 2.71. The first-order valence-corrected chi connectivity index (χ1v) is 0.494. The molecule has 0 aromatic carbocycles. The largest absolute Gasteiger partial charge is 2.00 e. The maximum Gasteiger partial charge on any atom is 2.00 e. The van der Waals surface area contributed by atoms with Crippen LogP contribution in [0.5, 0.6) is 0 Å². The van der Waals surface area contributed by atoms with Gasteiger partial charge in [-0.1, -0.05) is 0 Å². The minimum atomic E-state index is -0.250. The molecule has 2 nitrogen and oxygen atoms in total. The summed E-state index contributed by atoms with van der Waals surface area (Å²) in [6, 6.07) is 0. The fraction of sp³-hybridized carbons (Fsp3) is 0. The molecule has 0 bridgehead atoms. The van der Waals surface area contributed by atoms with E-state index in [0.717, 1.165) is 0 Å². The minimum absolute atomic E-state index is 0. The molecular weight excluding hydrogens is 143 g/mol. The zero-order valence-electron chi connectivity index (χ0n) is 6.55. The molecule has 0 aromatic heterocycles. The molecule has 0 atom stereocenters. The molecule has 6 heavy (non-hydrogen) atoms. The Labute approximate surface area is 98.8 Å². The van der Waals surface area contributed by atoms with E-state index in [-0.39, 0.29) is 90.5 Å². The van der Waals surface area contributed by atoms with Gasteiger partial charge in [0.2, 0.25) is 0 Å². The number of hydrogen-bond acceptors (Lipinski definition) is 1. The molecule has 0 aliphatic carbocycles. The van der Waals surface area contributed by atoms with E-state index in [1.807, 2.05) is 0 Å². The van der Waals surface area contributed by atoms with Gasteiger partial charge in [0.05, 0.1) is 0 Å². The first kappa shape index (κ1) is 24.5. The molecule has 0 aromatic rings. The normalized spacial score (nSPS) is 2.00. The average Bonchev–Trinajstić information content (AvgIpc) is 0.918. The molecule has 0 spiro atoms. The molecule has 1 N–H and O–H groups in total. The third-order valence-electron chi connectivity index (χ3n) is 0. The summed E-state index contributed by atoms with van der Waals surface area (Å²) in [4.78, 5) is 8.36. The molecule has 0 saturated carbocycles. The second kappa shape index (κ2) is 27.9. The number of hydrogen-bond donors (Lipinski definition) is 1. The Balaban J connectivity index is -0.00000000133. The smallest absolute Gasteiger partial charge is 1.00 e. The average molecular weight is 149 g/mol. The molecule has 0 rings (SSSR count). The SMILES string of the molecule is Cl.O=CO.[Ca+2].[H-].[H-].[H-].[Na+]. The fourth-order valence-corrected chi connectivity index (χ4v) is 0. The van der Waals surface area contributed by atoms with Gasteiger partial charge in [-0.3, -0.25) is 4.79 Å². The van der Waals surface area contributed by atoms with Crippen molar-refractivity contribution in [2.45, 2.75) is 0 Å². The Kier molecular flexibility index (Phi) is 114. The zero-order valence-corrected chi connectivity index (χ0v) is 8.57. The van der Waals surface area contributed by atoms with Crippen LogP contribution >= 0.6 is 12.4 Å². The summed E-state index contributed by atoms with van der Waals surface area (Å²) < 4.78 is 0. The Morgan fingerprint density at radius 1 is 1.67 bits per heavy atom. The van der Waals surface area contributed by atoms with Crippen molar-refractivity contribution in [2.24, 2.45) is 0 Å². The van der Waals surface area contributed by atoms with E-state index in [9.17, 15) is 0 Å². The summed E-state index contributed by atoms with van der Waals surface area (Å²) >= 11 is 0. The Hall–Kier alpha value is 2.02. The Bertz CT molecular complexity index is 29.3. The molecule has 0 saturated heterocycles. The molecule has 5 heteroatoms. The summed E-state index contributed by atoms with van der Waals surface area (Å²) in [6.07, 6.45) is 0. The maximum atomic E-state index is 8.36. The molecule has 0 heterocycles. The van der Waals surface area contributed by atoms with E-state index in [1.165, 1.54) is 0 Å². The standard InChI is InChI=1S/CH2O2.Ca.ClH.Na.3H/c2-1-3;;;;;;/h1H,(H,2,3);;1H;;;;/q;+2;;+1;3*-1. The van der Waals surface area contributed by atoms with Gasteiger partial charge in [-0.05, 0) is 0 Å². The first-order chi connectivity index (χ1) is 1.41. The summed E-state index contributed by atoms with van der Waals surface area (Å²) in [5.41, 5.74) is 0. The summed E-state index contributed by atoms with van der Waals surface area (Å²) in [5, 5.41) is 6.89. The van der Waals surface area contributed by atoms with E-state index in [0.29, 0.717) is 0 Å². The number of rotatable bonds is 0. The van der Waals surface area contributed by atoms with Gasteiger partial charge in [0.25, 0.3) is 6.47 Å². The maximum absolute atomic E-state index is 8.36. The molecule has 32 valence electrons. The monoisotopic (exact) mass is 148 g/mol. The van der Waals surface area contributed by atoms with Crippen LogP contribution in [-0.4, -0.2) is 49.3 Å². The molecule has 0 amide bonds. The molecule has 0 aliphatic heterocycles. The fourth-order valence-electron chi connectivity index (χ4n) is 0. The number of halogens is 1. The van der Waals surface area contributed by atoms with E-state index in [4.69, 9.17) is 9.90 Å². The van der Waals surface area contributed by atoms with Crippen molar-refractivity contribution in [3.05, 3.63) is 0 Å². The van der Waals surface area contributed by atoms with Gasteiger partial charge in [0.1, 0.15) is 0 Å². The van der Waals surface area contributed by atoms with Crippen molar-refractivity contribution < 1.29 is 43.7 Å². The van der Waals surface area contributed by atoms with Crippen LogP contribution in [0.3, 0.4) is 0 Å². The molecule has 0 radical (unpaired) electrons. The van der Waals surface area contributed by atoms with Gasteiger partial charge in [-0.2, -0.15) is 0 Å². The van der Waals surface area contributed by atoms with Crippen molar-refractivity contribution in [2.75, 3.05) is 0 Å². The van der Waals surface area contributed by atoms with Crippen LogP contribution < -0.4 is 29.6 Å². The minimum Gasteiger partial charge on any atom is -1.00 e. The van der Waals surface area contributed by atoms with Gasteiger partial charge >= 0.3 is 67.3 Å². The van der Waals surface area contributed by atoms with E-state index >= 15 is 0 Å². The molecule has 0 unspecified atom stereocenters. The molecule has 0 aliphatic rings. The van der Waals surface area contributed by atoms with E-state index in [2.05, 4.69) is 0 Å². The van der Waals surface area contributed by atoms with Crippen molar-refractivity contribution in [3.63, 3.8) is 0 Å². The molecular formula is CH6CaClNaO2.